The minimum Gasteiger partial charge on any atom is -0.307 e. The van der Waals surface area contributed by atoms with Gasteiger partial charge in [0.05, 0.1) is 6.26 Å². The Kier molecular flexibility index (Phi) is 5.01. The van der Waals surface area contributed by atoms with Crippen molar-refractivity contribution in [1.82, 2.24) is 9.62 Å². The van der Waals surface area contributed by atoms with Crippen LogP contribution in [-0.4, -0.2) is 38.1 Å². The number of nitrogens with zero attached hydrogens (tertiary/aromatic N) is 1. The lowest BCUT2D eigenvalue weighted by atomic mass is 9.93. The van der Waals surface area contributed by atoms with Crippen LogP contribution in [0.25, 0.3) is 0 Å². The Morgan fingerprint density at radius 3 is 2.71 bits per heavy atom. The number of hydrogen-bond donors (Lipinski definition) is 1. The third-order valence-electron chi connectivity index (χ3n) is 4.15. The van der Waals surface area contributed by atoms with E-state index in [0.717, 1.165) is 12.0 Å². The molecule has 0 bridgehead atoms. The Hall–Kier alpha value is -0.980. The predicted molar refractivity (Wildman–Crippen MR) is 81.9 cm³/mol. The normalized spacial score (nSPS) is 25.7. The number of hydrogen-bond acceptors (Lipinski definition) is 3. The maximum atomic E-state index is 13.3. The Morgan fingerprint density at radius 2 is 2.14 bits per heavy atom. The van der Waals surface area contributed by atoms with Crippen LogP contribution in [0.3, 0.4) is 0 Å². The van der Waals surface area contributed by atoms with Crippen molar-refractivity contribution in [3.63, 3.8) is 0 Å². The molecule has 4 nitrogen and oxygen atoms in total. The van der Waals surface area contributed by atoms with E-state index in [-0.39, 0.29) is 23.8 Å². The van der Waals surface area contributed by atoms with Crippen LogP contribution < -0.4 is 5.32 Å². The zero-order chi connectivity index (χ0) is 15.6. The van der Waals surface area contributed by atoms with E-state index in [9.17, 15) is 12.8 Å². The van der Waals surface area contributed by atoms with Gasteiger partial charge in [-0.05, 0) is 37.0 Å². The highest BCUT2D eigenvalue weighted by molar-refractivity contribution is 7.88. The summed E-state index contributed by atoms with van der Waals surface area (Å²) < 4.78 is 38.0. The molecule has 1 aromatic carbocycles. The predicted octanol–water partition coefficient (Wildman–Crippen LogP) is 2.15. The highest BCUT2D eigenvalue weighted by Gasteiger charge is 2.31. The average molecular weight is 314 g/mol. The van der Waals surface area contributed by atoms with Crippen molar-refractivity contribution >= 4 is 10.0 Å². The molecular formula is C15H23FN2O2S. The van der Waals surface area contributed by atoms with E-state index in [2.05, 4.69) is 5.32 Å². The van der Waals surface area contributed by atoms with Crippen molar-refractivity contribution in [2.75, 3.05) is 19.3 Å². The van der Waals surface area contributed by atoms with Gasteiger partial charge < -0.3 is 5.32 Å². The first-order valence-corrected chi connectivity index (χ1v) is 9.09. The lowest BCUT2D eigenvalue weighted by molar-refractivity contribution is 0.210. The van der Waals surface area contributed by atoms with E-state index in [1.165, 1.54) is 22.7 Å². The zero-order valence-electron chi connectivity index (χ0n) is 12.7. The molecule has 1 saturated heterocycles. The first-order valence-electron chi connectivity index (χ1n) is 7.24. The standard InChI is InChI=1S/C15H23FN2O2S/c1-11-10-18(21(3,19)20)8-7-15(11)17-12(2)13-5-4-6-14(16)9-13/h4-6,9,11-12,15,17H,7-8,10H2,1-3H3/t11-,12-,15-/m0/s1. The van der Waals surface area contributed by atoms with Crippen LogP contribution in [0.15, 0.2) is 24.3 Å². The molecule has 1 fully saturated rings. The van der Waals surface area contributed by atoms with E-state index in [1.54, 1.807) is 6.07 Å². The second kappa shape index (κ2) is 6.42. The molecule has 0 amide bonds. The summed E-state index contributed by atoms with van der Waals surface area (Å²) >= 11 is 0. The maximum absolute atomic E-state index is 13.3. The van der Waals surface area contributed by atoms with Crippen LogP contribution in [-0.2, 0) is 10.0 Å². The molecular weight excluding hydrogens is 291 g/mol. The minimum absolute atomic E-state index is 0.0398. The van der Waals surface area contributed by atoms with Crippen LogP contribution >= 0.6 is 0 Å². The quantitative estimate of drug-likeness (QED) is 0.926. The number of rotatable bonds is 4. The van der Waals surface area contributed by atoms with Gasteiger partial charge in [-0.25, -0.2) is 17.1 Å². The molecule has 0 aromatic heterocycles. The maximum Gasteiger partial charge on any atom is 0.211 e. The van der Waals surface area contributed by atoms with Crippen molar-refractivity contribution in [2.24, 2.45) is 5.92 Å². The molecule has 1 heterocycles. The number of nitrogens with one attached hydrogen (secondary N) is 1. The highest BCUT2D eigenvalue weighted by Crippen LogP contribution is 2.22. The summed E-state index contributed by atoms with van der Waals surface area (Å²) in [4.78, 5) is 0. The SMILES string of the molecule is C[C@H](N[C@H]1CCN(S(C)(=O)=O)C[C@@H]1C)c1cccc(F)c1. The molecule has 1 aliphatic heterocycles. The fraction of sp³-hybridized carbons (Fsp3) is 0.600. The summed E-state index contributed by atoms with van der Waals surface area (Å²) in [6, 6.07) is 6.85. The highest BCUT2D eigenvalue weighted by atomic mass is 32.2. The zero-order valence-corrected chi connectivity index (χ0v) is 13.5. The molecule has 0 aliphatic carbocycles. The van der Waals surface area contributed by atoms with Gasteiger partial charge in [0, 0.05) is 25.2 Å². The Bertz CT molecular complexity index is 591. The second-order valence-electron chi connectivity index (χ2n) is 5.94. The van der Waals surface area contributed by atoms with E-state index >= 15 is 0 Å². The molecule has 1 aromatic rings. The summed E-state index contributed by atoms with van der Waals surface area (Å²) in [5.41, 5.74) is 0.910. The monoisotopic (exact) mass is 314 g/mol. The number of halogens is 1. The molecule has 21 heavy (non-hydrogen) atoms. The van der Waals surface area contributed by atoms with E-state index in [0.29, 0.717) is 13.1 Å². The van der Waals surface area contributed by atoms with E-state index in [1.807, 2.05) is 19.9 Å². The van der Waals surface area contributed by atoms with Gasteiger partial charge in [0.25, 0.3) is 0 Å². The first kappa shape index (κ1) is 16.4. The number of sulfonamides is 1. The lowest BCUT2D eigenvalue weighted by Gasteiger charge is -2.37. The molecule has 0 unspecified atom stereocenters. The van der Waals surface area contributed by atoms with Crippen LogP contribution in [0.4, 0.5) is 4.39 Å². The fourth-order valence-corrected chi connectivity index (χ4v) is 3.79. The molecule has 0 radical (unpaired) electrons. The summed E-state index contributed by atoms with van der Waals surface area (Å²) in [6.45, 7) is 5.13. The van der Waals surface area contributed by atoms with Gasteiger partial charge in [-0.2, -0.15) is 0 Å². The molecule has 1 aliphatic rings. The van der Waals surface area contributed by atoms with Gasteiger partial charge >= 0.3 is 0 Å². The molecule has 1 N–H and O–H groups in total. The molecule has 3 atom stereocenters. The van der Waals surface area contributed by atoms with Crippen LogP contribution in [0.2, 0.25) is 0 Å². The fourth-order valence-electron chi connectivity index (χ4n) is 2.85. The van der Waals surface area contributed by atoms with Crippen molar-refractivity contribution in [1.29, 1.82) is 0 Å². The summed E-state index contributed by atoms with van der Waals surface area (Å²) in [5, 5.41) is 3.50. The second-order valence-corrected chi connectivity index (χ2v) is 7.92. The van der Waals surface area contributed by atoms with Crippen LogP contribution in [0.5, 0.6) is 0 Å². The van der Waals surface area contributed by atoms with Crippen molar-refractivity contribution < 1.29 is 12.8 Å². The number of piperidine rings is 1. The third-order valence-corrected chi connectivity index (χ3v) is 5.42. The average Bonchev–Trinajstić information content (AvgIpc) is 2.39. The van der Waals surface area contributed by atoms with E-state index < -0.39 is 10.0 Å². The number of benzene rings is 1. The van der Waals surface area contributed by atoms with Crippen molar-refractivity contribution in [2.45, 2.75) is 32.4 Å². The van der Waals surface area contributed by atoms with E-state index in [4.69, 9.17) is 0 Å². The molecule has 118 valence electrons. The van der Waals surface area contributed by atoms with Gasteiger partial charge in [-0.15, -0.1) is 0 Å². The van der Waals surface area contributed by atoms with Gasteiger partial charge in [-0.1, -0.05) is 19.1 Å². The molecule has 6 heteroatoms. The largest absolute Gasteiger partial charge is 0.307 e. The minimum atomic E-state index is -3.11. The van der Waals surface area contributed by atoms with Crippen LogP contribution in [0, 0.1) is 11.7 Å². The molecule has 0 spiro atoms. The van der Waals surface area contributed by atoms with Gasteiger partial charge in [-0.3, -0.25) is 0 Å². The van der Waals surface area contributed by atoms with Crippen LogP contribution in [0.1, 0.15) is 31.9 Å². The van der Waals surface area contributed by atoms with Crippen molar-refractivity contribution in [3.8, 4) is 0 Å². The van der Waals surface area contributed by atoms with Gasteiger partial charge in [0.2, 0.25) is 10.0 Å². The summed E-state index contributed by atoms with van der Waals surface area (Å²) in [6.07, 6.45) is 2.02. The van der Waals surface area contributed by atoms with Gasteiger partial charge in [0.1, 0.15) is 5.82 Å². The first-order chi connectivity index (χ1) is 9.77. The van der Waals surface area contributed by atoms with Crippen molar-refractivity contribution in [3.05, 3.63) is 35.6 Å². The lowest BCUT2D eigenvalue weighted by Crippen LogP contribution is -2.50. The molecule has 2 rings (SSSR count). The summed E-state index contributed by atoms with van der Waals surface area (Å²) in [5.74, 6) is -0.00872. The molecule has 0 saturated carbocycles. The Morgan fingerprint density at radius 1 is 1.43 bits per heavy atom. The topological polar surface area (TPSA) is 49.4 Å². The summed E-state index contributed by atoms with van der Waals surface area (Å²) in [7, 11) is -3.11. The Balaban J connectivity index is 1.98. The smallest absolute Gasteiger partial charge is 0.211 e. The van der Waals surface area contributed by atoms with Gasteiger partial charge in [0.15, 0.2) is 0 Å². The Labute approximate surface area is 126 Å². The third kappa shape index (κ3) is 4.25.